The van der Waals surface area contributed by atoms with Gasteiger partial charge in [-0.3, -0.25) is 0 Å². The SMILES string of the molecule is C[C@@H](O)c1ccnc(N2CCC(C(C)(C)C)CC2)c1. The van der Waals surface area contributed by atoms with Crippen molar-refractivity contribution >= 4 is 5.82 Å². The first kappa shape index (κ1) is 14.3. The van der Waals surface area contributed by atoms with Gasteiger partial charge < -0.3 is 10.0 Å². The van der Waals surface area contributed by atoms with Crippen LogP contribution in [0.5, 0.6) is 0 Å². The number of aliphatic hydroxyl groups is 1. The first-order valence-corrected chi connectivity index (χ1v) is 7.27. The van der Waals surface area contributed by atoms with Crippen LogP contribution in [0, 0.1) is 11.3 Å². The maximum atomic E-state index is 9.65. The first-order chi connectivity index (χ1) is 8.88. The van der Waals surface area contributed by atoms with E-state index in [0.29, 0.717) is 5.41 Å². The molecule has 106 valence electrons. The summed E-state index contributed by atoms with van der Waals surface area (Å²) in [5.41, 5.74) is 1.35. The van der Waals surface area contributed by atoms with E-state index in [1.54, 1.807) is 13.1 Å². The highest BCUT2D eigenvalue weighted by molar-refractivity contribution is 5.42. The highest BCUT2D eigenvalue weighted by Crippen LogP contribution is 2.35. The van der Waals surface area contributed by atoms with E-state index in [1.807, 2.05) is 12.1 Å². The topological polar surface area (TPSA) is 36.4 Å². The Bertz CT molecular complexity index is 415. The fourth-order valence-corrected chi connectivity index (χ4v) is 2.84. The Kier molecular flexibility index (Phi) is 4.14. The van der Waals surface area contributed by atoms with Crippen LogP contribution in [0.2, 0.25) is 0 Å². The van der Waals surface area contributed by atoms with Gasteiger partial charge in [-0.25, -0.2) is 4.98 Å². The highest BCUT2D eigenvalue weighted by Gasteiger charge is 2.29. The fourth-order valence-electron chi connectivity index (χ4n) is 2.84. The number of anilines is 1. The van der Waals surface area contributed by atoms with E-state index in [-0.39, 0.29) is 0 Å². The van der Waals surface area contributed by atoms with Gasteiger partial charge >= 0.3 is 0 Å². The second-order valence-corrected chi connectivity index (χ2v) is 6.75. The van der Waals surface area contributed by atoms with E-state index in [9.17, 15) is 5.11 Å². The van der Waals surface area contributed by atoms with Gasteiger partial charge in [0.15, 0.2) is 0 Å². The molecule has 1 aliphatic heterocycles. The molecule has 1 atom stereocenters. The van der Waals surface area contributed by atoms with Crippen molar-refractivity contribution in [1.29, 1.82) is 0 Å². The van der Waals surface area contributed by atoms with Crippen molar-refractivity contribution in [3.05, 3.63) is 23.9 Å². The summed E-state index contributed by atoms with van der Waals surface area (Å²) in [6.45, 7) is 10.9. The molecule has 0 aromatic carbocycles. The number of nitrogens with zero attached hydrogens (tertiary/aromatic N) is 2. The molecule has 0 radical (unpaired) electrons. The summed E-state index contributed by atoms with van der Waals surface area (Å²) >= 11 is 0. The molecule has 3 heteroatoms. The van der Waals surface area contributed by atoms with Crippen molar-refractivity contribution in [3.8, 4) is 0 Å². The number of rotatable bonds is 2. The van der Waals surface area contributed by atoms with E-state index >= 15 is 0 Å². The van der Waals surface area contributed by atoms with Crippen LogP contribution in [0.15, 0.2) is 18.3 Å². The van der Waals surface area contributed by atoms with Gasteiger partial charge in [-0.1, -0.05) is 20.8 Å². The van der Waals surface area contributed by atoms with Gasteiger partial charge in [0.05, 0.1) is 6.10 Å². The van der Waals surface area contributed by atoms with Crippen LogP contribution in [-0.2, 0) is 0 Å². The fraction of sp³-hybridized carbons (Fsp3) is 0.688. The van der Waals surface area contributed by atoms with Crippen LogP contribution < -0.4 is 4.90 Å². The standard InChI is InChI=1S/C16H26N2O/c1-12(19)13-5-8-17-15(11-13)18-9-6-14(7-10-18)16(2,3)4/h5,8,11-12,14,19H,6-7,9-10H2,1-4H3/t12-/m1/s1. The first-order valence-electron chi connectivity index (χ1n) is 7.27. The predicted molar refractivity (Wildman–Crippen MR) is 79.3 cm³/mol. The third-order valence-corrected chi connectivity index (χ3v) is 4.30. The van der Waals surface area contributed by atoms with Crippen molar-refractivity contribution in [3.63, 3.8) is 0 Å². The summed E-state index contributed by atoms with van der Waals surface area (Å²) in [6.07, 6.45) is 3.83. The van der Waals surface area contributed by atoms with Crippen LogP contribution in [0.4, 0.5) is 5.82 Å². The van der Waals surface area contributed by atoms with Crippen molar-refractivity contribution in [2.45, 2.75) is 46.6 Å². The summed E-state index contributed by atoms with van der Waals surface area (Å²) in [7, 11) is 0. The number of hydrogen-bond acceptors (Lipinski definition) is 3. The van der Waals surface area contributed by atoms with E-state index in [2.05, 4.69) is 30.7 Å². The lowest BCUT2D eigenvalue weighted by molar-refractivity contribution is 0.197. The Morgan fingerprint density at radius 1 is 1.32 bits per heavy atom. The third kappa shape index (κ3) is 3.47. The van der Waals surface area contributed by atoms with Crippen LogP contribution in [0.1, 0.15) is 52.2 Å². The molecule has 2 rings (SSSR count). The summed E-state index contributed by atoms with van der Waals surface area (Å²) in [5, 5.41) is 9.65. The van der Waals surface area contributed by atoms with Crippen LogP contribution in [-0.4, -0.2) is 23.2 Å². The van der Waals surface area contributed by atoms with Crippen molar-refractivity contribution in [2.24, 2.45) is 11.3 Å². The molecule has 0 bridgehead atoms. The molecule has 1 N–H and O–H groups in total. The van der Waals surface area contributed by atoms with Gasteiger partial charge in [-0.05, 0) is 48.8 Å². The predicted octanol–water partition coefficient (Wildman–Crippen LogP) is 3.40. The van der Waals surface area contributed by atoms with E-state index in [0.717, 1.165) is 30.4 Å². The number of aliphatic hydroxyl groups excluding tert-OH is 1. The lowest BCUT2D eigenvalue weighted by Crippen LogP contribution is -2.38. The lowest BCUT2D eigenvalue weighted by atomic mass is 9.75. The maximum Gasteiger partial charge on any atom is 0.128 e. The van der Waals surface area contributed by atoms with Crippen molar-refractivity contribution < 1.29 is 5.11 Å². The molecule has 0 aliphatic carbocycles. The average Bonchev–Trinajstić information content (AvgIpc) is 2.38. The smallest absolute Gasteiger partial charge is 0.128 e. The number of piperidine rings is 1. The Morgan fingerprint density at radius 3 is 2.47 bits per heavy atom. The van der Waals surface area contributed by atoms with Crippen LogP contribution in [0.3, 0.4) is 0 Å². The van der Waals surface area contributed by atoms with Crippen LogP contribution >= 0.6 is 0 Å². The zero-order valence-corrected chi connectivity index (χ0v) is 12.6. The average molecular weight is 262 g/mol. The molecular weight excluding hydrogens is 236 g/mol. The molecule has 0 amide bonds. The van der Waals surface area contributed by atoms with Gasteiger partial charge in [0.2, 0.25) is 0 Å². The zero-order chi connectivity index (χ0) is 14.0. The Balaban J connectivity index is 2.03. The molecule has 1 aromatic rings. The molecule has 2 heterocycles. The molecule has 1 aromatic heterocycles. The van der Waals surface area contributed by atoms with Gasteiger partial charge in [-0.15, -0.1) is 0 Å². The Hall–Kier alpha value is -1.09. The molecule has 1 saturated heterocycles. The van der Waals surface area contributed by atoms with Crippen molar-refractivity contribution in [1.82, 2.24) is 4.98 Å². The van der Waals surface area contributed by atoms with E-state index in [4.69, 9.17) is 0 Å². The van der Waals surface area contributed by atoms with Gasteiger partial charge in [0.25, 0.3) is 0 Å². The van der Waals surface area contributed by atoms with Gasteiger partial charge in [0.1, 0.15) is 5.82 Å². The van der Waals surface area contributed by atoms with Gasteiger partial charge in [-0.2, -0.15) is 0 Å². The molecule has 1 aliphatic rings. The zero-order valence-electron chi connectivity index (χ0n) is 12.6. The second-order valence-electron chi connectivity index (χ2n) is 6.75. The van der Waals surface area contributed by atoms with E-state index < -0.39 is 6.10 Å². The summed E-state index contributed by atoms with van der Waals surface area (Å²) in [4.78, 5) is 6.79. The summed E-state index contributed by atoms with van der Waals surface area (Å²) in [5.74, 6) is 1.80. The number of hydrogen-bond donors (Lipinski definition) is 1. The summed E-state index contributed by atoms with van der Waals surface area (Å²) in [6, 6.07) is 3.90. The quantitative estimate of drug-likeness (QED) is 0.887. The number of pyridine rings is 1. The minimum absolute atomic E-state index is 0.404. The summed E-state index contributed by atoms with van der Waals surface area (Å²) < 4.78 is 0. The van der Waals surface area contributed by atoms with Crippen LogP contribution in [0.25, 0.3) is 0 Å². The highest BCUT2D eigenvalue weighted by atomic mass is 16.3. The molecular formula is C16H26N2O. The monoisotopic (exact) mass is 262 g/mol. The number of aromatic nitrogens is 1. The minimum Gasteiger partial charge on any atom is -0.389 e. The molecule has 19 heavy (non-hydrogen) atoms. The molecule has 1 fully saturated rings. The van der Waals surface area contributed by atoms with Gasteiger partial charge in [0, 0.05) is 19.3 Å². The molecule has 0 saturated carbocycles. The Labute approximate surface area is 116 Å². The molecule has 0 spiro atoms. The van der Waals surface area contributed by atoms with E-state index in [1.165, 1.54) is 12.8 Å². The lowest BCUT2D eigenvalue weighted by Gasteiger charge is -2.39. The minimum atomic E-state index is -0.422. The molecule has 0 unspecified atom stereocenters. The third-order valence-electron chi connectivity index (χ3n) is 4.30. The maximum absolute atomic E-state index is 9.65. The Morgan fingerprint density at radius 2 is 1.95 bits per heavy atom. The molecule has 3 nitrogen and oxygen atoms in total. The normalized spacial score (nSPS) is 19.5. The largest absolute Gasteiger partial charge is 0.389 e. The second kappa shape index (κ2) is 5.49. The van der Waals surface area contributed by atoms with Crippen molar-refractivity contribution in [2.75, 3.05) is 18.0 Å².